The molecule has 4 rings (SSSR count). The number of benzene rings is 3. The fourth-order valence-electron chi connectivity index (χ4n) is 4.10. The Morgan fingerprint density at radius 1 is 0.943 bits per heavy atom. The zero-order chi connectivity index (χ0) is 24.8. The van der Waals surface area contributed by atoms with Crippen LogP contribution in [0.4, 0.5) is 0 Å². The third-order valence-corrected chi connectivity index (χ3v) is 6.00. The van der Waals surface area contributed by atoms with E-state index in [1.807, 2.05) is 62.4 Å². The van der Waals surface area contributed by atoms with Crippen molar-refractivity contribution in [3.05, 3.63) is 107 Å². The van der Waals surface area contributed by atoms with Crippen molar-refractivity contribution in [3.63, 3.8) is 0 Å². The van der Waals surface area contributed by atoms with Crippen LogP contribution in [0.3, 0.4) is 0 Å². The van der Waals surface area contributed by atoms with Crippen LogP contribution in [-0.2, 0) is 4.79 Å². The molecule has 0 aliphatic rings. The number of nitrogens with one attached hydrogen (secondary N) is 1. The summed E-state index contributed by atoms with van der Waals surface area (Å²) in [6.45, 7) is 3.75. The molecule has 3 atom stereocenters. The molecule has 7 heteroatoms. The molecule has 0 saturated heterocycles. The topological polar surface area (TPSA) is 93.4 Å². The van der Waals surface area contributed by atoms with Gasteiger partial charge in [0.15, 0.2) is 6.10 Å². The molecule has 0 aliphatic heterocycles. The highest BCUT2D eigenvalue weighted by Gasteiger charge is 2.29. The standard InChI is InChI=1S/C28H29N3O4/c1-3-21(25(32)19-13-7-5-8-14-19)26-29-23-18-12-11-17-22(23)28(34)31(26)30-27(33)24(4-2)35-20-15-9-6-10-16-20/h5-18,21,24-25,32H,3-4H2,1-2H3,(H,30,33). The normalized spacial score (nSPS) is 13.7. The second-order valence-electron chi connectivity index (χ2n) is 8.30. The first kappa shape index (κ1) is 24.2. The monoisotopic (exact) mass is 471 g/mol. The Hall–Kier alpha value is -3.97. The number of aromatic nitrogens is 2. The summed E-state index contributed by atoms with van der Waals surface area (Å²) in [5, 5.41) is 11.6. The van der Waals surface area contributed by atoms with Gasteiger partial charge < -0.3 is 9.84 Å². The molecule has 7 nitrogen and oxygen atoms in total. The Labute approximate surface area is 204 Å². The van der Waals surface area contributed by atoms with E-state index in [1.54, 1.807) is 36.4 Å². The Kier molecular flexibility index (Phi) is 7.57. The van der Waals surface area contributed by atoms with Gasteiger partial charge in [-0.25, -0.2) is 9.66 Å². The number of aliphatic hydroxyl groups is 1. The van der Waals surface area contributed by atoms with Crippen LogP contribution in [-0.4, -0.2) is 26.8 Å². The summed E-state index contributed by atoms with van der Waals surface area (Å²) >= 11 is 0. The third kappa shape index (κ3) is 5.25. The Bertz CT molecular complexity index is 1340. The fraction of sp³-hybridized carbons (Fsp3) is 0.250. The van der Waals surface area contributed by atoms with Crippen molar-refractivity contribution in [2.24, 2.45) is 0 Å². The van der Waals surface area contributed by atoms with Crippen molar-refractivity contribution in [2.75, 3.05) is 5.43 Å². The van der Waals surface area contributed by atoms with Crippen LogP contribution >= 0.6 is 0 Å². The highest BCUT2D eigenvalue weighted by Crippen LogP contribution is 2.32. The lowest BCUT2D eigenvalue weighted by molar-refractivity contribution is -0.123. The lowest BCUT2D eigenvalue weighted by Crippen LogP contribution is -2.43. The number of nitrogens with zero attached hydrogens (tertiary/aromatic N) is 2. The second-order valence-corrected chi connectivity index (χ2v) is 8.30. The molecular weight excluding hydrogens is 442 g/mol. The smallest absolute Gasteiger partial charge is 0.280 e. The molecule has 35 heavy (non-hydrogen) atoms. The molecule has 3 unspecified atom stereocenters. The van der Waals surface area contributed by atoms with Gasteiger partial charge in [0.25, 0.3) is 11.5 Å². The number of hydrogen-bond acceptors (Lipinski definition) is 5. The quantitative estimate of drug-likeness (QED) is 0.374. The first-order valence-electron chi connectivity index (χ1n) is 11.8. The number of carbonyl (C=O) groups is 1. The number of aliphatic hydroxyl groups excluding tert-OH is 1. The maximum atomic E-state index is 13.5. The molecule has 0 saturated carbocycles. The maximum absolute atomic E-state index is 13.5. The summed E-state index contributed by atoms with van der Waals surface area (Å²) < 4.78 is 7.04. The molecule has 4 aromatic rings. The van der Waals surface area contributed by atoms with Crippen LogP contribution in [0.25, 0.3) is 10.9 Å². The van der Waals surface area contributed by atoms with E-state index in [4.69, 9.17) is 9.72 Å². The molecule has 0 fully saturated rings. The van der Waals surface area contributed by atoms with Crippen LogP contribution in [0.15, 0.2) is 89.7 Å². The van der Waals surface area contributed by atoms with Crippen molar-refractivity contribution in [1.29, 1.82) is 0 Å². The molecule has 0 radical (unpaired) electrons. The SMILES string of the molecule is CCC(Oc1ccccc1)C(=O)Nn1c(C(CC)C(O)c2ccccc2)nc2ccccc2c1=O. The minimum absolute atomic E-state index is 0.287. The van der Waals surface area contributed by atoms with Crippen LogP contribution < -0.4 is 15.7 Å². The average Bonchev–Trinajstić information content (AvgIpc) is 2.90. The predicted molar refractivity (Wildman–Crippen MR) is 136 cm³/mol. The molecule has 2 N–H and O–H groups in total. The number of fused-ring (bicyclic) bond motifs is 1. The molecular formula is C28H29N3O4. The van der Waals surface area contributed by atoms with Gasteiger partial charge in [0.2, 0.25) is 0 Å². The minimum atomic E-state index is -0.917. The summed E-state index contributed by atoms with van der Waals surface area (Å²) in [6.07, 6.45) is -0.841. The minimum Gasteiger partial charge on any atom is -0.481 e. The van der Waals surface area contributed by atoms with Gasteiger partial charge in [-0.3, -0.25) is 15.0 Å². The highest BCUT2D eigenvalue weighted by molar-refractivity contribution is 5.88. The average molecular weight is 472 g/mol. The van der Waals surface area contributed by atoms with Gasteiger partial charge in [-0.05, 0) is 42.7 Å². The van der Waals surface area contributed by atoms with Crippen molar-refractivity contribution in [2.45, 2.75) is 44.8 Å². The Balaban J connectivity index is 1.75. The second kappa shape index (κ2) is 11.0. The molecule has 1 amide bonds. The summed E-state index contributed by atoms with van der Waals surface area (Å²) in [4.78, 5) is 31.5. The first-order valence-corrected chi connectivity index (χ1v) is 11.8. The summed E-state index contributed by atoms with van der Waals surface area (Å²) in [6, 6.07) is 25.3. The number of para-hydroxylation sites is 2. The van der Waals surface area contributed by atoms with Gasteiger partial charge in [0.1, 0.15) is 11.6 Å². The molecule has 3 aromatic carbocycles. The zero-order valence-corrected chi connectivity index (χ0v) is 19.8. The number of ether oxygens (including phenoxy) is 1. The van der Waals surface area contributed by atoms with Gasteiger partial charge in [0, 0.05) is 5.92 Å². The van der Waals surface area contributed by atoms with Gasteiger partial charge in [-0.1, -0.05) is 74.5 Å². The van der Waals surface area contributed by atoms with E-state index in [0.717, 1.165) is 0 Å². The van der Waals surface area contributed by atoms with Crippen molar-refractivity contribution in [3.8, 4) is 5.75 Å². The van der Waals surface area contributed by atoms with E-state index in [1.165, 1.54) is 4.68 Å². The van der Waals surface area contributed by atoms with E-state index < -0.39 is 29.6 Å². The highest BCUT2D eigenvalue weighted by atomic mass is 16.5. The molecule has 1 heterocycles. The van der Waals surface area contributed by atoms with E-state index in [9.17, 15) is 14.7 Å². The van der Waals surface area contributed by atoms with E-state index in [2.05, 4.69) is 5.43 Å². The Morgan fingerprint density at radius 2 is 1.57 bits per heavy atom. The fourth-order valence-corrected chi connectivity index (χ4v) is 4.10. The van der Waals surface area contributed by atoms with Crippen LogP contribution in [0.1, 0.15) is 50.1 Å². The predicted octanol–water partition coefficient (Wildman–Crippen LogP) is 4.55. The van der Waals surface area contributed by atoms with E-state index in [0.29, 0.717) is 35.1 Å². The van der Waals surface area contributed by atoms with Gasteiger partial charge in [-0.2, -0.15) is 0 Å². The molecule has 0 aliphatic carbocycles. The summed E-state index contributed by atoms with van der Waals surface area (Å²) in [5.74, 6) is -0.161. The Morgan fingerprint density at radius 3 is 2.23 bits per heavy atom. The van der Waals surface area contributed by atoms with Crippen LogP contribution in [0.5, 0.6) is 5.75 Å². The molecule has 0 spiro atoms. The number of amides is 1. The lowest BCUT2D eigenvalue weighted by atomic mass is 9.92. The van der Waals surface area contributed by atoms with Crippen molar-refractivity contribution in [1.82, 2.24) is 9.66 Å². The van der Waals surface area contributed by atoms with E-state index in [-0.39, 0.29) is 5.82 Å². The lowest BCUT2D eigenvalue weighted by Gasteiger charge is -2.26. The van der Waals surface area contributed by atoms with E-state index >= 15 is 0 Å². The van der Waals surface area contributed by atoms with Crippen molar-refractivity contribution >= 4 is 16.8 Å². The maximum Gasteiger partial charge on any atom is 0.280 e. The number of rotatable bonds is 9. The largest absolute Gasteiger partial charge is 0.481 e. The third-order valence-electron chi connectivity index (χ3n) is 6.00. The molecule has 180 valence electrons. The van der Waals surface area contributed by atoms with Crippen LogP contribution in [0, 0.1) is 0 Å². The number of carbonyl (C=O) groups excluding carboxylic acids is 1. The van der Waals surface area contributed by atoms with Crippen molar-refractivity contribution < 1.29 is 14.6 Å². The van der Waals surface area contributed by atoms with Crippen LogP contribution in [0.2, 0.25) is 0 Å². The summed E-state index contributed by atoms with van der Waals surface area (Å²) in [7, 11) is 0. The number of hydrogen-bond donors (Lipinski definition) is 2. The van der Waals surface area contributed by atoms with Gasteiger partial charge >= 0.3 is 0 Å². The molecule has 1 aromatic heterocycles. The van der Waals surface area contributed by atoms with Gasteiger partial charge in [0.05, 0.1) is 17.0 Å². The van der Waals surface area contributed by atoms with Gasteiger partial charge in [-0.15, -0.1) is 0 Å². The summed E-state index contributed by atoms with van der Waals surface area (Å²) in [5.41, 5.74) is 3.53. The zero-order valence-electron chi connectivity index (χ0n) is 19.8. The first-order chi connectivity index (χ1) is 17.0. The molecule has 0 bridgehead atoms.